The Balaban J connectivity index is 2.11. The molecule has 3 rings (SSSR count). The third-order valence-electron chi connectivity index (χ3n) is 3.08. The lowest BCUT2D eigenvalue weighted by atomic mass is 10.0. The monoisotopic (exact) mass is 234 g/mol. The zero-order chi connectivity index (χ0) is 11.2. The first-order valence-corrected chi connectivity index (χ1v) is 6.30. The maximum absolute atomic E-state index is 5.80. The van der Waals surface area contributed by atoms with Crippen molar-refractivity contribution >= 4 is 27.2 Å². The van der Waals surface area contributed by atoms with Gasteiger partial charge in [0.1, 0.15) is 10.6 Å². The topological polar surface area (TPSA) is 48.1 Å². The Hall–Kier alpha value is -1.13. The van der Waals surface area contributed by atoms with Crippen LogP contribution in [0, 0.1) is 0 Å². The summed E-state index contributed by atoms with van der Waals surface area (Å²) >= 11 is 1.69. The van der Waals surface area contributed by atoms with Gasteiger partial charge < -0.3 is 10.5 Å². The molecule has 3 nitrogen and oxygen atoms in total. The van der Waals surface area contributed by atoms with Crippen molar-refractivity contribution in [3.8, 4) is 0 Å². The summed E-state index contributed by atoms with van der Waals surface area (Å²) in [4.78, 5) is 4.65. The Morgan fingerprint density at radius 3 is 3.12 bits per heavy atom. The van der Waals surface area contributed by atoms with Gasteiger partial charge in [-0.25, -0.2) is 4.98 Å². The Morgan fingerprint density at radius 1 is 1.50 bits per heavy atom. The van der Waals surface area contributed by atoms with E-state index in [-0.39, 0.29) is 5.60 Å². The normalized spacial score (nSPS) is 25.3. The van der Waals surface area contributed by atoms with Crippen molar-refractivity contribution in [1.82, 2.24) is 4.98 Å². The van der Waals surface area contributed by atoms with Gasteiger partial charge >= 0.3 is 0 Å². The average Bonchev–Trinajstić information content (AvgIpc) is 2.84. The molecule has 1 aromatic heterocycles. The van der Waals surface area contributed by atoms with Crippen molar-refractivity contribution in [1.29, 1.82) is 0 Å². The lowest BCUT2D eigenvalue weighted by molar-refractivity contribution is 0.0168. The van der Waals surface area contributed by atoms with Gasteiger partial charge in [0, 0.05) is 12.3 Å². The average molecular weight is 234 g/mol. The summed E-state index contributed by atoms with van der Waals surface area (Å²) in [5.74, 6) is 0. The van der Waals surface area contributed by atoms with Crippen LogP contribution in [-0.4, -0.2) is 11.6 Å². The first-order valence-electron chi connectivity index (χ1n) is 5.48. The van der Waals surface area contributed by atoms with Crippen molar-refractivity contribution in [2.75, 3.05) is 12.3 Å². The van der Waals surface area contributed by atoms with Gasteiger partial charge in [-0.05, 0) is 38.0 Å². The van der Waals surface area contributed by atoms with E-state index in [4.69, 9.17) is 10.5 Å². The summed E-state index contributed by atoms with van der Waals surface area (Å²) in [6.45, 7) is 2.97. The number of benzene rings is 1. The quantitative estimate of drug-likeness (QED) is 0.772. The fraction of sp³-hybridized carbons (Fsp3) is 0.417. The SMILES string of the molecule is CC1(c2nc3ccc(N)cc3s2)CCCO1. The van der Waals surface area contributed by atoms with Crippen LogP contribution in [0.4, 0.5) is 5.69 Å². The number of fused-ring (bicyclic) bond motifs is 1. The molecule has 0 spiro atoms. The lowest BCUT2D eigenvalue weighted by Gasteiger charge is -2.19. The molecule has 1 atom stereocenters. The minimum Gasteiger partial charge on any atom is -0.399 e. The zero-order valence-electron chi connectivity index (χ0n) is 9.19. The Kier molecular flexibility index (Phi) is 2.16. The van der Waals surface area contributed by atoms with Crippen molar-refractivity contribution < 1.29 is 4.74 Å². The summed E-state index contributed by atoms with van der Waals surface area (Å²) in [5.41, 5.74) is 7.40. The molecule has 0 saturated carbocycles. The fourth-order valence-electron chi connectivity index (χ4n) is 2.12. The van der Waals surface area contributed by atoms with Crippen LogP contribution in [0.25, 0.3) is 10.2 Å². The Morgan fingerprint density at radius 2 is 2.38 bits per heavy atom. The van der Waals surface area contributed by atoms with Gasteiger partial charge in [-0.15, -0.1) is 11.3 Å². The van der Waals surface area contributed by atoms with E-state index in [0.717, 1.165) is 40.4 Å². The molecule has 0 bridgehead atoms. The molecule has 2 heterocycles. The number of rotatable bonds is 1. The summed E-state index contributed by atoms with van der Waals surface area (Å²) in [5, 5.41) is 1.07. The minimum absolute atomic E-state index is 0.182. The molecule has 1 fully saturated rings. The second-order valence-electron chi connectivity index (χ2n) is 4.43. The van der Waals surface area contributed by atoms with Crippen LogP contribution in [0.1, 0.15) is 24.8 Å². The number of nitrogens with two attached hydrogens (primary N) is 1. The molecule has 2 aromatic rings. The van der Waals surface area contributed by atoms with Gasteiger partial charge in [0.15, 0.2) is 0 Å². The van der Waals surface area contributed by atoms with E-state index in [1.54, 1.807) is 11.3 Å². The number of thiazole rings is 1. The van der Waals surface area contributed by atoms with E-state index < -0.39 is 0 Å². The molecule has 0 radical (unpaired) electrons. The highest BCUT2D eigenvalue weighted by Crippen LogP contribution is 2.39. The van der Waals surface area contributed by atoms with Crippen molar-refractivity contribution in [2.45, 2.75) is 25.4 Å². The van der Waals surface area contributed by atoms with E-state index in [1.165, 1.54) is 0 Å². The van der Waals surface area contributed by atoms with Gasteiger partial charge in [-0.3, -0.25) is 0 Å². The van der Waals surface area contributed by atoms with Gasteiger partial charge in [0.05, 0.1) is 10.2 Å². The van der Waals surface area contributed by atoms with Crippen LogP contribution in [0.5, 0.6) is 0 Å². The molecule has 1 aliphatic heterocycles. The lowest BCUT2D eigenvalue weighted by Crippen LogP contribution is -2.19. The summed E-state index contributed by atoms with van der Waals surface area (Å²) < 4.78 is 6.95. The first-order chi connectivity index (χ1) is 7.67. The predicted molar refractivity (Wildman–Crippen MR) is 66.6 cm³/mol. The number of aromatic nitrogens is 1. The summed E-state index contributed by atoms with van der Waals surface area (Å²) in [7, 11) is 0. The van der Waals surface area contributed by atoms with Gasteiger partial charge in [-0.1, -0.05) is 0 Å². The van der Waals surface area contributed by atoms with Gasteiger partial charge in [-0.2, -0.15) is 0 Å². The van der Waals surface area contributed by atoms with Crippen LogP contribution in [0.15, 0.2) is 18.2 Å². The maximum atomic E-state index is 5.80. The second-order valence-corrected chi connectivity index (χ2v) is 5.46. The van der Waals surface area contributed by atoms with E-state index >= 15 is 0 Å². The predicted octanol–water partition coefficient (Wildman–Crippen LogP) is 2.90. The summed E-state index contributed by atoms with van der Waals surface area (Å²) in [6.07, 6.45) is 2.18. The highest BCUT2D eigenvalue weighted by Gasteiger charge is 2.34. The van der Waals surface area contributed by atoms with E-state index in [2.05, 4.69) is 11.9 Å². The highest BCUT2D eigenvalue weighted by molar-refractivity contribution is 7.18. The van der Waals surface area contributed by atoms with Crippen molar-refractivity contribution in [2.24, 2.45) is 0 Å². The van der Waals surface area contributed by atoms with Gasteiger partial charge in [0.2, 0.25) is 0 Å². The van der Waals surface area contributed by atoms with Crippen LogP contribution >= 0.6 is 11.3 Å². The van der Waals surface area contributed by atoms with Crippen LogP contribution < -0.4 is 5.73 Å². The Bertz CT molecular complexity index is 529. The second kappa shape index (κ2) is 3.43. The zero-order valence-corrected chi connectivity index (χ0v) is 10.0. The number of nitrogen functional groups attached to an aromatic ring is 1. The number of hydrogen-bond donors (Lipinski definition) is 1. The summed E-state index contributed by atoms with van der Waals surface area (Å²) in [6, 6.07) is 5.85. The molecule has 84 valence electrons. The Labute approximate surface area is 98.2 Å². The molecular formula is C12H14N2OS. The van der Waals surface area contributed by atoms with Crippen molar-refractivity contribution in [3.05, 3.63) is 23.2 Å². The minimum atomic E-state index is -0.182. The number of nitrogens with zero attached hydrogens (tertiary/aromatic N) is 1. The molecule has 1 unspecified atom stereocenters. The smallest absolute Gasteiger partial charge is 0.126 e. The largest absolute Gasteiger partial charge is 0.399 e. The highest BCUT2D eigenvalue weighted by atomic mass is 32.1. The van der Waals surface area contributed by atoms with Gasteiger partial charge in [0.25, 0.3) is 0 Å². The molecule has 1 saturated heterocycles. The third kappa shape index (κ3) is 1.49. The number of hydrogen-bond acceptors (Lipinski definition) is 4. The molecule has 4 heteroatoms. The molecule has 0 amide bonds. The molecule has 0 aliphatic carbocycles. The number of ether oxygens (including phenoxy) is 1. The molecule has 16 heavy (non-hydrogen) atoms. The van der Waals surface area contributed by atoms with E-state index in [9.17, 15) is 0 Å². The van der Waals surface area contributed by atoms with E-state index in [0.29, 0.717) is 0 Å². The maximum Gasteiger partial charge on any atom is 0.126 e. The van der Waals surface area contributed by atoms with Crippen LogP contribution in [0.3, 0.4) is 0 Å². The van der Waals surface area contributed by atoms with Crippen molar-refractivity contribution in [3.63, 3.8) is 0 Å². The first kappa shape index (κ1) is 10.1. The third-order valence-corrected chi connectivity index (χ3v) is 4.35. The molecular weight excluding hydrogens is 220 g/mol. The molecule has 1 aromatic carbocycles. The molecule has 1 aliphatic rings. The number of anilines is 1. The van der Waals surface area contributed by atoms with Crippen LogP contribution in [-0.2, 0) is 10.3 Å². The van der Waals surface area contributed by atoms with Crippen LogP contribution in [0.2, 0.25) is 0 Å². The fourth-order valence-corrected chi connectivity index (χ4v) is 3.26. The van der Waals surface area contributed by atoms with E-state index in [1.807, 2.05) is 18.2 Å². The molecule has 2 N–H and O–H groups in total. The standard InChI is InChI=1S/C12H14N2OS/c1-12(5-2-6-15-12)11-14-9-4-3-8(13)7-10(9)16-11/h3-4,7H,2,5-6,13H2,1H3.